The van der Waals surface area contributed by atoms with Gasteiger partial charge in [-0.15, -0.1) is 0 Å². The first-order chi connectivity index (χ1) is 9.86. The number of carbonyl (C=O) groups is 3. The summed E-state index contributed by atoms with van der Waals surface area (Å²) in [5, 5.41) is 0. The number of hydrogen-bond acceptors (Lipinski definition) is 6. The van der Waals surface area contributed by atoms with Gasteiger partial charge in [0.15, 0.2) is 0 Å². The fourth-order valence-corrected chi connectivity index (χ4v) is 2.38. The maximum absolute atomic E-state index is 12.1. The minimum absolute atomic E-state index is 0.127. The van der Waals surface area contributed by atoms with Crippen LogP contribution in [0.4, 0.5) is 0 Å². The van der Waals surface area contributed by atoms with Gasteiger partial charge in [-0.05, 0) is 39.0 Å². The largest absolute Gasteiger partial charge is 0.466 e. The van der Waals surface area contributed by atoms with E-state index in [-0.39, 0.29) is 12.2 Å². The molecule has 0 saturated heterocycles. The van der Waals surface area contributed by atoms with Crippen molar-refractivity contribution in [1.82, 2.24) is 0 Å². The Hall–Kier alpha value is -1.85. The molecule has 0 heterocycles. The van der Waals surface area contributed by atoms with Gasteiger partial charge in [0.1, 0.15) is 0 Å². The molecule has 0 N–H and O–H groups in total. The Morgan fingerprint density at radius 2 is 1.76 bits per heavy atom. The Kier molecular flexibility index (Phi) is 6.39. The highest BCUT2D eigenvalue weighted by molar-refractivity contribution is 5.87. The molecule has 1 aliphatic rings. The minimum Gasteiger partial charge on any atom is -0.466 e. The smallest absolute Gasteiger partial charge is 0.381 e. The van der Waals surface area contributed by atoms with Crippen molar-refractivity contribution < 1.29 is 28.9 Å². The summed E-state index contributed by atoms with van der Waals surface area (Å²) in [6, 6.07) is 0. The second-order valence-electron chi connectivity index (χ2n) is 5.44. The zero-order valence-electron chi connectivity index (χ0n) is 12.7. The number of ether oxygens (including phenoxy) is 1. The van der Waals surface area contributed by atoms with Gasteiger partial charge in [-0.2, -0.15) is 0 Å². The standard InChI is InChI=1S/C15H22O6/c1-5-19-14(17)11-7-6-10(4)8-12(11)15(18)21-20-13(16)9(2)3/h10-12H,2,5-8H2,1,3-4H3. The summed E-state index contributed by atoms with van der Waals surface area (Å²) in [6.07, 6.45) is 1.92. The molecule has 0 aromatic carbocycles. The third kappa shape index (κ3) is 4.88. The molecule has 3 unspecified atom stereocenters. The molecule has 0 amide bonds. The summed E-state index contributed by atoms with van der Waals surface area (Å²) in [7, 11) is 0. The van der Waals surface area contributed by atoms with Gasteiger partial charge in [0.2, 0.25) is 0 Å². The van der Waals surface area contributed by atoms with Crippen LogP contribution >= 0.6 is 0 Å². The van der Waals surface area contributed by atoms with Crippen LogP contribution < -0.4 is 0 Å². The van der Waals surface area contributed by atoms with E-state index in [0.29, 0.717) is 18.8 Å². The Balaban J connectivity index is 2.68. The van der Waals surface area contributed by atoms with Crippen LogP contribution in [0, 0.1) is 17.8 Å². The van der Waals surface area contributed by atoms with Crippen molar-refractivity contribution in [3.63, 3.8) is 0 Å². The van der Waals surface area contributed by atoms with Crippen molar-refractivity contribution >= 4 is 17.9 Å². The molecule has 1 fully saturated rings. The van der Waals surface area contributed by atoms with Crippen LogP contribution in [0.1, 0.15) is 40.0 Å². The van der Waals surface area contributed by atoms with Gasteiger partial charge in [0.05, 0.1) is 18.4 Å². The lowest BCUT2D eigenvalue weighted by atomic mass is 9.74. The molecule has 1 saturated carbocycles. The Labute approximate surface area is 124 Å². The predicted octanol–water partition coefficient (Wildman–Crippen LogP) is 2.18. The van der Waals surface area contributed by atoms with Gasteiger partial charge in [0, 0.05) is 5.57 Å². The first-order valence-corrected chi connectivity index (χ1v) is 7.11. The molecular weight excluding hydrogens is 276 g/mol. The van der Waals surface area contributed by atoms with Gasteiger partial charge in [-0.1, -0.05) is 13.5 Å². The quantitative estimate of drug-likeness (QED) is 0.342. The lowest BCUT2D eigenvalue weighted by Crippen LogP contribution is -2.37. The number of hydrogen-bond donors (Lipinski definition) is 0. The van der Waals surface area contributed by atoms with Crippen molar-refractivity contribution in [2.75, 3.05) is 6.61 Å². The van der Waals surface area contributed by atoms with E-state index in [0.717, 1.165) is 6.42 Å². The first-order valence-electron chi connectivity index (χ1n) is 7.11. The molecule has 0 spiro atoms. The minimum atomic E-state index is -0.806. The maximum Gasteiger partial charge on any atom is 0.381 e. The van der Waals surface area contributed by atoms with Crippen LogP contribution in [0.15, 0.2) is 12.2 Å². The molecule has 6 heteroatoms. The average molecular weight is 298 g/mol. The van der Waals surface area contributed by atoms with E-state index >= 15 is 0 Å². The van der Waals surface area contributed by atoms with E-state index in [1.807, 2.05) is 6.92 Å². The van der Waals surface area contributed by atoms with Crippen LogP contribution in [0.5, 0.6) is 0 Å². The molecular formula is C15H22O6. The van der Waals surface area contributed by atoms with E-state index in [9.17, 15) is 14.4 Å². The van der Waals surface area contributed by atoms with Crippen LogP contribution in [-0.2, 0) is 28.9 Å². The number of rotatable bonds is 4. The van der Waals surface area contributed by atoms with Gasteiger partial charge in [0.25, 0.3) is 0 Å². The van der Waals surface area contributed by atoms with Crippen molar-refractivity contribution in [2.45, 2.75) is 40.0 Å². The highest BCUT2D eigenvalue weighted by Crippen LogP contribution is 2.35. The molecule has 0 bridgehead atoms. The fraction of sp³-hybridized carbons (Fsp3) is 0.667. The summed E-state index contributed by atoms with van der Waals surface area (Å²) >= 11 is 0. The second kappa shape index (κ2) is 7.81. The molecule has 1 aliphatic carbocycles. The number of carbonyl (C=O) groups excluding carboxylic acids is 3. The van der Waals surface area contributed by atoms with Crippen LogP contribution in [0.25, 0.3) is 0 Å². The Morgan fingerprint density at radius 1 is 1.10 bits per heavy atom. The number of esters is 1. The Bertz CT molecular complexity index is 428. The average Bonchev–Trinajstić information content (AvgIpc) is 2.44. The highest BCUT2D eigenvalue weighted by atomic mass is 17.2. The summed E-state index contributed by atoms with van der Waals surface area (Å²) in [5.41, 5.74) is 0.127. The van der Waals surface area contributed by atoms with Crippen LogP contribution in [-0.4, -0.2) is 24.5 Å². The topological polar surface area (TPSA) is 78.9 Å². The van der Waals surface area contributed by atoms with Crippen LogP contribution in [0.2, 0.25) is 0 Å². The third-order valence-corrected chi connectivity index (χ3v) is 3.55. The normalized spacial score (nSPS) is 24.8. The van der Waals surface area contributed by atoms with E-state index in [1.165, 1.54) is 6.92 Å². The molecule has 0 radical (unpaired) electrons. The molecule has 6 nitrogen and oxygen atoms in total. The second-order valence-corrected chi connectivity index (χ2v) is 5.44. The molecule has 21 heavy (non-hydrogen) atoms. The molecule has 3 atom stereocenters. The summed E-state index contributed by atoms with van der Waals surface area (Å²) in [4.78, 5) is 44.1. The maximum atomic E-state index is 12.1. The zero-order valence-corrected chi connectivity index (χ0v) is 12.7. The first kappa shape index (κ1) is 17.2. The van der Waals surface area contributed by atoms with Gasteiger partial charge in [-0.3, -0.25) is 4.79 Å². The van der Waals surface area contributed by atoms with Crippen molar-refractivity contribution in [3.05, 3.63) is 12.2 Å². The lowest BCUT2D eigenvalue weighted by molar-refractivity contribution is -0.261. The Morgan fingerprint density at radius 3 is 2.33 bits per heavy atom. The summed E-state index contributed by atoms with van der Waals surface area (Å²) in [6.45, 7) is 8.81. The van der Waals surface area contributed by atoms with Gasteiger partial charge >= 0.3 is 17.9 Å². The van der Waals surface area contributed by atoms with Crippen molar-refractivity contribution in [1.29, 1.82) is 0 Å². The van der Waals surface area contributed by atoms with E-state index in [1.54, 1.807) is 6.92 Å². The fourth-order valence-electron chi connectivity index (χ4n) is 2.38. The van der Waals surface area contributed by atoms with Crippen molar-refractivity contribution in [2.24, 2.45) is 17.8 Å². The van der Waals surface area contributed by atoms with Crippen LogP contribution in [0.3, 0.4) is 0 Å². The molecule has 0 aromatic rings. The summed E-state index contributed by atoms with van der Waals surface area (Å²) in [5.74, 6) is -2.82. The third-order valence-electron chi connectivity index (χ3n) is 3.55. The zero-order chi connectivity index (χ0) is 16.0. The molecule has 0 aliphatic heterocycles. The van der Waals surface area contributed by atoms with E-state index in [2.05, 4.69) is 16.4 Å². The molecule has 118 valence electrons. The highest BCUT2D eigenvalue weighted by Gasteiger charge is 2.41. The van der Waals surface area contributed by atoms with Crippen molar-refractivity contribution in [3.8, 4) is 0 Å². The predicted molar refractivity (Wildman–Crippen MR) is 73.6 cm³/mol. The summed E-state index contributed by atoms with van der Waals surface area (Å²) < 4.78 is 4.99. The van der Waals surface area contributed by atoms with E-state index in [4.69, 9.17) is 4.74 Å². The lowest BCUT2D eigenvalue weighted by Gasteiger charge is -2.30. The van der Waals surface area contributed by atoms with E-state index < -0.39 is 29.7 Å². The van der Waals surface area contributed by atoms with Gasteiger partial charge in [-0.25, -0.2) is 19.4 Å². The molecule has 0 aromatic heterocycles. The SMILES string of the molecule is C=C(C)C(=O)OOC(=O)C1CC(C)CCC1C(=O)OCC. The molecule has 1 rings (SSSR count). The monoisotopic (exact) mass is 298 g/mol. The van der Waals surface area contributed by atoms with Gasteiger partial charge < -0.3 is 4.74 Å².